The normalized spacial score (nSPS) is 20.4. The van der Waals surface area contributed by atoms with Gasteiger partial charge in [0.1, 0.15) is 0 Å². The van der Waals surface area contributed by atoms with Crippen LogP contribution < -0.4 is 5.32 Å². The van der Waals surface area contributed by atoms with Crippen LogP contribution in [0.1, 0.15) is 54.4 Å². The molecule has 1 aliphatic heterocycles. The summed E-state index contributed by atoms with van der Waals surface area (Å²) in [5.41, 5.74) is 0.321. The second kappa shape index (κ2) is 6.42. The van der Waals surface area contributed by atoms with Crippen molar-refractivity contribution in [3.63, 3.8) is 0 Å². The van der Waals surface area contributed by atoms with E-state index in [1.807, 2.05) is 52.5 Å². The van der Waals surface area contributed by atoms with Crippen molar-refractivity contribution in [3.8, 4) is 0 Å². The maximum absolute atomic E-state index is 12.4. The zero-order valence-corrected chi connectivity index (χ0v) is 13.6. The molecule has 0 aromatic rings. The van der Waals surface area contributed by atoms with E-state index in [-0.39, 0.29) is 29.3 Å². The number of nitrogens with zero attached hydrogens (tertiary/aromatic N) is 1. The third-order valence-electron chi connectivity index (χ3n) is 3.42. The Bertz CT molecular complexity index is 405. The third kappa shape index (κ3) is 4.36. The SMILES string of the molecule is C/C(=C/[C@@H]1CCCN1C(=O)C(C)(C)C)C(=O)NC(C)C. The molecule has 2 amide bonds. The molecule has 1 fully saturated rings. The highest BCUT2D eigenvalue weighted by atomic mass is 16.2. The van der Waals surface area contributed by atoms with Crippen LogP contribution in [-0.4, -0.2) is 35.3 Å². The third-order valence-corrected chi connectivity index (χ3v) is 3.42. The molecular formula is C16H28N2O2. The molecule has 20 heavy (non-hydrogen) atoms. The van der Waals surface area contributed by atoms with Gasteiger partial charge in [0.15, 0.2) is 0 Å². The van der Waals surface area contributed by atoms with E-state index in [9.17, 15) is 9.59 Å². The van der Waals surface area contributed by atoms with Crippen LogP contribution in [0.25, 0.3) is 0 Å². The maximum atomic E-state index is 12.4. The van der Waals surface area contributed by atoms with Gasteiger partial charge in [0.2, 0.25) is 11.8 Å². The van der Waals surface area contributed by atoms with Gasteiger partial charge >= 0.3 is 0 Å². The average Bonchev–Trinajstić information content (AvgIpc) is 2.73. The van der Waals surface area contributed by atoms with Gasteiger partial charge < -0.3 is 10.2 Å². The van der Waals surface area contributed by atoms with Crippen molar-refractivity contribution in [2.75, 3.05) is 6.54 Å². The standard InChI is InChI=1S/C16H28N2O2/c1-11(2)17-14(19)12(3)10-13-8-7-9-18(13)15(20)16(4,5)6/h10-11,13H,7-9H2,1-6H3,(H,17,19)/b12-10-/t13-/m0/s1. The molecule has 114 valence electrons. The molecule has 1 N–H and O–H groups in total. The molecule has 1 saturated heterocycles. The van der Waals surface area contributed by atoms with E-state index in [0.717, 1.165) is 19.4 Å². The highest BCUT2D eigenvalue weighted by molar-refractivity contribution is 5.93. The molecular weight excluding hydrogens is 252 g/mol. The topological polar surface area (TPSA) is 49.4 Å². The zero-order valence-electron chi connectivity index (χ0n) is 13.6. The zero-order chi connectivity index (χ0) is 15.5. The number of hydrogen-bond acceptors (Lipinski definition) is 2. The molecule has 1 heterocycles. The van der Waals surface area contributed by atoms with E-state index in [0.29, 0.717) is 5.57 Å². The predicted octanol–water partition coefficient (Wildman–Crippen LogP) is 2.49. The summed E-state index contributed by atoms with van der Waals surface area (Å²) in [5, 5.41) is 2.88. The summed E-state index contributed by atoms with van der Waals surface area (Å²) in [6, 6.07) is 0.182. The lowest BCUT2D eigenvalue weighted by Crippen LogP contribution is -2.42. The molecule has 4 nitrogen and oxygen atoms in total. The van der Waals surface area contributed by atoms with Gasteiger partial charge in [-0.3, -0.25) is 9.59 Å². The summed E-state index contributed by atoms with van der Waals surface area (Å²) >= 11 is 0. The van der Waals surface area contributed by atoms with Gasteiger partial charge in [-0.1, -0.05) is 26.8 Å². The molecule has 0 saturated carbocycles. The van der Waals surface area contributed by atoms with E-state index in [4.69, 9.17) is 0 Å². The van der Waals surface area contributed by atoms with Crippen LogP contribution in [0.4, 0.5) is 0 Å². The lowest BCUT2D eigenvalue weighted by molar-refractivity contribution is -0.139. The Balaban J connectivity index is 2.80. The number of rotatable bonds is 3. The van der Waals surface area contributed by atoms with Gasteiger partial charge in [0.05, 0.1) is 6.04 Å². The van der Waals surface area contributed by atoms with Crippen molar-refractivity contribution in [3.05, 3.63) is 11.6 Å². The average molecular weight is 280 g/mol. The van der Waals surface area contributed by atoms with Crippen molar-refractivity contribution in [1.29, 1.82) is 0 Å². The fourth-order valence-electron chi connectivity index (χ4n) is 2.39. The molecule has 1 aliphatic rings. The monoisotopic (exact) mass is 280 g/mol. The molecule has 0 aromatic carbocycles. The summed E-state index contributed by atoms with van der Waals surface area (Å²) in [6.45, 7) is 12.3. The number of nitrogens with one attached hydrogen (secondary N) is 1. The van der Waals surface area contributed by atoms with Gasteiger partial charge in [-0.25, -0.2) is 0 Å². The van der Waals surface area contributed by atoms with E-state index in [1.54, 1.807) is 0 Å². The highest BCUT2D eigenvalue weighted by Crippen LogP contribution is 2.26. The van der Waals surface area contributed by atoms with Crippen LogP contribution in [0.5, 0.6) is 0 Å². The van der Waals surface area contributed by atoms with Gasteiger partial charge in [-0.15, -0.1) is 0 Å². The summed E-state index contributed by atoms with van der Waals surface area (Å²) in [6.07, 6.45) is 3.88. The van der Waals surface area contributed by atoms with Crippen molar-refractivity contribution >= 4 is 11.8 Å². The van der Waals surface area contributed by atoms with Gasteiger partial charge in [0, 0.05) is 23.6 Å². The molecule has 0 aromatic heterocycles. The minimum Gasteiger partial charge on any atom is -0.350 e. The number of likely N-dealkylation sites (tertiary alicyclic amines) is 1. The minimum atomic E-state index is -0.371. The van der Waals surface area contributed by atoms with E-state index < -0.39 is 0 Å². The summed E-state index contributed by atoms with van der Waals surface area (Å²) in [4.78, 5) is 26.2. The first-order chi connectivity index (χ1) is 9.12. The van der Waals surface area contributed by atoms with Crippen LogP contribution in [0.15, 0.2) is 11.6 Å². The van der Waals surface area contributed by atoms with Crippen molar-refractivity contribution in [2.45, 2.75) is 66.5 Å². The second-order valence-corrected chi connectivity index (χ2v) is 6.94. The quantitative estimate of drug-likeness (QED) is 0.808. The number of carbonyl (C=O) groups excluding carboxylic acids is 2. The van der Waals surface area contributed by atoms with Crippen LogP contribution in [-0.2, 0) is 9.59 Å². The lowest BCUT2D eigenvalue weighted by atomic mass is 9.94. The number of amides is 2. The Hall–Kier alpha value is -1.32. The predicted molar refractivity (Wildman–Crippen MR) is 81.2 cm³/mol. The van der Waals surface area contributed by atoms with Crippen LogP contribution in [0.3, 0.4) is 0 Å². The molecule has 0 aliphatic carbocycles. The van der Waals surface area contributed by atoms with Crippen molar-refractivity contribution < 1.29 is 9.59 Å². The molecule has 0 bridgehead atoms. The Kier molecular flexibility index (Phi) is 5.37. The second-order valence-electron chi connectivity index (χ2n) is 6.94. The molecule has 1 atom stereocenters. The Labute approximate surface area is 122 Å². The summed E-state index contributed by atoms with van der Waals surface area (Å²) in [7, 11) is 0. The summed E-state index contributed by atoms with van der Waals surface area (Å²) < 4.78 is 0. The fraction of sp³-hybridized carbons (Fsp3) is 0.750. The highest BCUT2D eigenvalue weighted by Gasteiger charge is 2.34. The van der Waals surface area contributed by atoms with Crippen molar-refractivity contribution in [2.24, 2.45) is 5.41 Å². The molecule has 1 rings (SSSR count). The smallest absolute Gasteiger partial charge is 0.246 e. The van der Waals surface area contributed by atoms with E-state index >= 15 is 0 Å². The fourth-order valence-corrected chi connectivity index (χ4v) is 2.39. The Morgan fingerprint density at radius 1 is 1.30 bits per heavy atom. The first-order valence-corrected chi connectivity index (χ1v) is 7.43. The largest absolute Gasteiger partial charge is 0.350 e. The van der Waals surface area contributed by atoms with E-state index in [1.165, 1.54) is 0 Å². The van der Waals surface area contributed by atoms with Crippen LogP contribution in [0, 0.1) is 5.41 Å². The van der Waals surface area contributed by atoms with Gasteiger partial charge in [-0.05, 0) is 33.6 Å². The van der Waals surface area contributed by atoms with Crippen molar-refractivity contribution in [1.82, 2.24) is 10.2 Å². The van der Waals surface area contributed by atoms with Gasteiger partial charge in [0.25, 0.3) is 0 Å². The van der Waals surface area contributed by atoms with Gasteiger partial charge in [-0.2, -0.15) is 0 Å². The molecule has 4 heteroatoms. The molecule has 0 spiro atoms. The van der Waals surface area contributed by atoms with E-state index in [2.05, 4.69) is 5.32 Å². The Morgan fingerprint density at radius 3 is 2.40 bits per heavy atom. The molecule has 0 unspecified atom stereocenters. The van der Waals surface area contributed by atoms with Crippen LogP contribution >= 0.6 is 0 Å². The lowest BCUT2D eigenvalue weighted by Gasteiger charge is -2.29. The molecule has 0 radical (unpaired) electrons. The number of hydrogen-bond donors (Lipinski definition) is 1. The number of carbonyl (C=O) groups is 2. The van der Waals surface area contributed by atoms with Crippen LogP contribution in [0.2, 0.25) is 0 Å². The maximum Gasteiger partial charge on any atom is 0.246 e. The first kappa shape index (κ1) is 16.7. The Morgan fingerprint density at radius 2 is 1.90 bits per heavy atom. The minimum absolute atomic E-state index is 0.0462. The first-order valence-electron chi connectivity index (χ1n) is 7.43. The summed E-state index contributed by atoms with van der Waals surface area (Å²) in [5.74, 6) is 0.114.